The van der Waals surface area contributed by atoms with Crippen molar-refractivity contribution in [2.75, 3.05) is 0 Å². The van der Waals surface area contributed by atoms with Gasteiger partial charge in [-0.1, -0.05) is 68.0 Å². The summed E-state index contributed by atoms with van der Waals surface area (Å²) in [7, 11) is 0. The number of aromatic hydroxyl groups is 2. The Labute approximate surface area is 207 Å². The number of hydrogen-bond acceptors (Lipinski definition) is 5. The van der Waals surface area contributed by atoms with E-state index >= 15 is 0 Å². The van der Waals surface area contributed by atoms with Crippen LogP contribution in [-0.4, -0.2) is 28.4 Å². The highest BCUT2D eigenvalue weighted by Gasteiger charge is 2.49. The van der Waals surface area contributed by atoms with E-state index in [0.29, 0.717) is 24.6 Å². The molecule has 5 nitrogen and oxygen atoms in total. The average Bonchev–Trinajstić information content (AvgIpc) is 2.83. The summed E-state index contributed by atoms with van der Waals surface area (Å²) in [4.78, 5) is 23.9. The summed E-state index contributed by atoms with van der Waals surface area (Å²) >= 11 is 0. The van der Waals surface area contributed by atoms with E-state index in [0.717, 1.165) is 24.8 Å². The van der Waals surface area contributed by atoms with Crippen molar-refractivity contribution in [1.82, 2.24) is 0 Å². The molecule has 0 bridgehead atoms. The molecule has 0 spiro atoms. The van der Waals surface area contributed by atoms with Crippen LogP contribution in [0.3, 0.4) is 0 Å². The number of allylic oxidation sites excluding steroid dienone is 3. The van der Waals surface area contributed by atoms with Gasteiger partial charge in [-0.2, -0.15) is 0 Å². The maximum atomic E-state index is 12.1. The first kappa shape index (κ1) is 24.8. The van der Waals surface area contributed by atoms with E-state index in [-0.39, 0.29) is 39.9 Å². The predicted molar refractivity (Wildman–Crippen MR) is 137 cm³/mol. The molecule has 0 saturated carbocycles. The molecule has 1 heterocycles. The molecule has 3 unspecified atom stereocenters. The number of ether oxygens (including phenoxy) is 1. The Hall–Kier alpha value is -3.34. The van der Waals surface area contributed by atoms with E-state index in [4.69, 9.17) is 4.74 Å². The lowest BCUT2D eigenvalue weighted by molar-refractivity contribution is -0.00275. The lowest BCUT2D eigenvalue weighted by Gasteiger charge is -2.48. The molecule has 35 heavy (non-hydrogen) atoms. The topological polar surface area (TPSA) is 83.8 Å². The fourth-order valence-electron chi connectivity index (χ4n) is 5.57. The summed E-state index contributed by atoms with van der Waals surface area (Å²) in [5.41, 5.74) is 1.54. The van der Waals surface area contributed by atoms with Crippen molar-refractivity contribution in [2.45, 2.75) is 64.9 Å². The second-order valence-corrected chi connectivity index (χ2v) is 10.8. The third-order valence-corrected chi connectivity index (χ3v) is 7.66. The van der Waals surface area contributed by atoms with Crippen molar-refractivity contribution in [1.29, 1.82) is 0 Å². The van der Waals surface area contributed by atoms with Crippen molar-refractivity contribution in [2.24, 2.45) is 11.3 Å². The van der Waals surface area contributed by atoms with E-state index in [1.165, 1.54) is 5.57 Å². The van der Waals surface area contributed by atoms with Crippen LogP contribution >= 0.6 is 0 Å². The average molecular weight is 475 g/mol. The molecule has 4 rings (SSSR count). The van der Waals surface area contributed by atoms with E-state index in [2.05, 4.69) is 39.0 Å². The number of benzene rings is 2. The lowest BCUT2D eigenvalue weighted by atomic mass is 9.66. The van der Waals surface area contributed by atoms with Crippen molar-refractivity contribution >= 4 is 12.6 Å². The van der Waals surface area contributed by atoms with Gasteiger partial charge in [-0.05, 0) is 44.1 Å². The predicted octanol–water partition coefficient (Wildman–Crippen LogP) is 6.72. The lowest BCUT2D eigenvalue weighted by Crippen LogP contribution is -2.47. The van der Waals surface area contributed by atoms with E-state index < -0.39 is 11.4 Å². The molecule has 2 aromatic rings. The van der Waals surface area contributed by atoms with Gasteiger partial charge in [0.15, 0.2) is 12.6 Å². The number of aldehydes is 2. The molecule has 0 radical (unpaired) electrons. The van der Waals surface area contributed by atoms with Gasteiger partial charge >= 0.3 is 0 Å². The Balaban J connectivity index is 2.01. The first-order chi connectivity index (χ1) is 16.6. The monoisotopic (exact) mass is 474 g/mol. The molecule has 184 valence electrons. The quantitative estimate of drug-likeness (QED) is 0.381. The second-order valence-electron chi connectivity index (χ2n) is 10.8. The summed E-state index contributed by atoms with van der Waals surface area (Å²) in [6.45, 7) is 8.60. The molecule has 2 N–H and O–H groups in total. The van der Waals surface area contributed by atoms with Crippen LogP contribution in [0.15, 0.2) is 54.1 Å². The maximum absolute atomic E-state index is 12.1. The minimum Gasteiger partial charge on any atom is -0.507 e. The van der Waals surface area contributed by atoms with E-state index in [9.17, 15) is 19.8 Å². The van der Waals surface area contributed by atoms with Gasteiger partial charge in [0.2, 0.25) is 0 Å². The van der Waals surface area contributed by atoms with Crippen LogP contribution in [0.25, 0.3) is 0 Å². The largest absolute Gasteiger partial charge is 0.507 e. The summed E-state index contributed by atoms with van der Waals surface area (Å²) in [6.07, 6.45) is 10.7. The standard InChI is InChI=1S/C30H34O5/c1-19-11-12-23-24(20-9-6-5-7-10-20)25-27(34)21(17-31)26(33)22(18-32)28(25)35-30(23,4)15-8-14-29(2,3)16-13-19/h5-10,13-14,17-18,23-24,33-34H,11-12,15-16H2,1-4H3. The molecule has 1 aliphatic carbocycles. The zero-order valence-corrected chi connectivity index (χ0v) is 20.9. The van der Waals surface area contributed by atoms with Crippen LogP contribution in [0.4, 0.5) is 0 Å². The van der Waals surface area contributed by atoms with Gasteiger partial charge in [-0.25, -0.2) is 0 Å². The Kier molecular flexibility index (Phi) is 6.63. The molecule has 3 atom stereocenters. The summed E-state index contributed by atoms with van der Waals surface area (Å²) < 4.78 is 6.60. The van der Waals surface area contributed by atoms with Crippen LogP contribution in [-0.2, 0) is 0 Å². The summed E-state index contributed by atoms with van der Waals surface area (Å²) in [6, 6.07) is 9.82. The number of carbonyl (C=O) groups is 2. The van der Waals surface area contributed by atoms with Crippen LogP contribution in [0.1, 0.15) is 91.1 Å². The first-order valence-electron chi connectivity index (χ1n) is 12.2. The van der Waals surface area contributed by atoms with Crippen LogP contribution in [0.2, 0.25) is 0 Å². The summed E-state index contributed by atoms with van der Waals surface area (Å²) in [5.74, 6) is -1.12. The fraction of sp³-hybridized carbons (Fsp3) is 0.400. The third-order valence-electron chi connectivity index (χ3n) is 7.66. The molecule has 2 aromatic carbocycles. The van der Waals surface area contributed by atoms with Crippen LogP contribution in [0, 0.1) is 11.3 Å². The minimum absolute atomic E-state index is 0.00772. The molecule has 0 fully saturated rings. The number of rotatable bonds is 3. The number of phenolic OH excluding ortho intramolecular Hbond substituents is 2. The zero-order chi connectivity index (χ0) is 25.4. The third kappa shape index (κ3) is 4.52. The van der Waals surface area contributed by atoms with Gasteiger partial charge in [-0.15, -0.1) is 0 Å². The van der Waals surface area contributed by atoms with Crippen molar-refractivity contribution in [3.8, 4) is 17.2 Å². The van der Waals surface area contributed by atoms with Crippen LogP contribution < -0.4 is 4.74 Å². The smallest absolute Gasteiger partial charge is 0.157 e. The number of fused-ring (bicyclic) bond motifs is 2. The highest BCUT2D eigenvalue weighted by atomic mass is 16.5. The highest BCUT2D eigenvalue weighted by Crippen LogP contribution is 2.57. The van der Waals surface area contributed by atoms with E-state index in [1.54, 1.807) is 0 Å². The number of carbonyl (C=O) groups excluding carboxylic acids is 2. The molecular weight excluding hydrogens is 440 g/mol. The molecule has 0 amide bonds. The Morgan fingerprint density at radius 3 is 2.31 bits per heavy atom. The van der Waals surface area contributed by atoms with E-state index in [1.807, 2.05) is 37.3 Å². The Morgan fingerprint density at radius 1 is 0.971 bits per heavy atom. The Bertz CT molecular complexity index is 1190. The van der Waals surface area contributed by atoms with Gasteiger partial charge in [-0.3, -0.25) is 9.59 Å². The minimum atomic E-state index is -0.718. The van der Waals surface area contributed by atoms with Gasteiger partial charge in [0, 0.05) is 23.8 Å². The molecule has 5 heteroatoms. The first-order valence-corrected chi connectivity index (χ1v) is 12.2. The molecule has 1 aliphatic heterocycles. The molecule has 2 aliphatic rings. The van der Waals surface area contributed by atoms with Crippen LogP contribution in [0.5, 0.6) is 17.2 Å². The molecule has 0 saturated heterocycles. The number of phenols is 2. The maximum Gasteiger partial charge on any atom is 0.157 e. The van der Waals surface area contributed by atoms with Gasteiger partial charge in [0.1, 0.15) is 22.8 Å². The highest BCUT2D eigenvalue weighted by molar-refractivity contribution is 5.95. The van der Waals surface area contributed by atoms with Gasteiger partial charge in [0.05, 0.1) is 11.1 Å². The van der Waals surface area contributed by atoms with Crippen molar-refractivity contribution < 1.29 is 24.5 Å². The number of hydrogen-bond donors (Lipinski definition) is 2. The zero-order valence-electron chi connectivity index (χ0n) is 20.9. The normalized spacial score (nSPS) is 25.8. The van der Waals surface area contributed by atoms with Gasteiger partial charge in [0.25, 0.3) is 0 Å². The fourth-order valence-corrected chi connectivity index (χ4v) is 5.57. The van der Waals surface area contributed by atoms with Crippen molar-refractivity contribution in [3.63, 3.8) is 0 Å². The Morgan fingerprint density at radius 2 is 1.66 bits per heavy atom. The molecular formula is C30H34O5. The van der Waals surface area contributed by atoms with Crippen molar-refractivity contribution in [3.05, 3.63) is 76.4 Å². The van der Waals surface area contributed by atoms with Gasteiger partial charge < -0.3 is 14.9 Å². The summed E-state index contributed by atoms with van der Waals surface area (Å²) in [5, 5.41) is 21.9. The molecule has 0 aromatic heterocycles. The second kappa shape index (κ2) is 9.37. The SMILES string of the molecule is CC1=CCC(C)(C)C=CCC2(C)Oc3c(C=O)c(O)c(C=O)c(O)c3C(c3ccccc3)C2CC1.